The van der Waals surface area contributed by atoms with Crippen molar-refractivity contribution in [3.63, 3.8) is 0 Å². The number of nitrogens with one attached hydrogen (secondary N) is 1. The smallest absolute Gasteiger partial charge is 0.384 e. The summed E-state index contributed by atoms with van der Waals surface area (Å²) in [5.74, 6) is -1.81. The number of halogens is 3. The van der Waals surface area contributed by atoms with E-state index in [-0.39, 0.29) is 30.5 Å². The van der Waals surface area contributed by atoms with Crippen molar-refractivity contribution in [2.75, 3.05) is 31.7 Å². The average Bonchev–Trinajstić information content (AvgIpc) is 2.26. The molecule has 1 rings (SSSR count). The van der Waals surface area contributed by atoms with Gasteiger partial charge in [-0.15, -0.1) is 0 Å². The molecule has 0 aliphatic carbocycles. The molecule has 0 unspecified atom stereocenters. The lowest BCUT2D eigenvalue weighted by Crippen LogP contribution is -2.24. The number of hydrogen-bond donors (Lipinski definition) is 2. The number of hydrogen-bond acceptors (Lipinski definition) is 5. The maximum Gasteiger partial charge on any atom is 0.451 e. The zero-order valence-electron chi connectivity index (χ0n) is 10.5. The van der Waals surface area contributed by atoms with E-state index in [2.05, 4.69) is 15.3 Å². The molecule has 0 radical (unpaired) electrons. The van der Waals surface area contributed by atoms with E-state index in [9.17, 15) is 18.0 Å². The lowest BCUT2D eigenvalue weighted by Gasteiger charge is -2.12. The summed E-state index contributed by atoms with van der Waals surface area (Å²) in [7, 11) is 3.18. The van der Waals surface area contributed by atoms with Gasteiger partial charge in [0.25, 0.3) is 0 Å². The van der Waals surface area contributed by atoms with Gasteiger partial charge in [-0.3, -0.25) is 4.79 Å². The van der Waals surface area contributed by atoms with Gasteiger partial charge in [0.2, 0.25) is 11.7 Å². The number of alkyl halides is 3. The van der Waals surface area contributed by atoms with Gasteiger partial charge in [0.1, 0.15) is 11.6 Å². The Morgan fingerprint density at radius 2 is 2.05 bits per heavy atom. The number of nitrogen functional groups attached to an aromatic ring is 1. The van der Waals surface area contributed by atoms with E-state index in [1.54, 1.807) is 14.1 Å². The summed E-state index contributed by atoms with van der Waals surface area (Å²) in [5.41, 5.74) is 5.27. The summed E-state index contributed by atoms with van der Waals surface area (Å²) in [6.07, 6.45) is -4.52. The van der Waals surface area contributed by atoms with Crippen LogP contribution in [0.1, 0.15) is 12.2 Å². The quantitative estimate of drug-likeness (QED) is 0.856. The van der Waals surface area contributed by atoms with Crippen molar-refractivity contribution in [1.82, 2.24) is 14.9 Å². The Morgan fingerprint density at radius 1 is 1.42 bits per heavy atom. The van der Waals surface area contributed by atoms with Crippen LogP contribution < -0.4 is 11.1 Å². The van der Waals surface area contributed by atoms with Crippen LogP contribution in [-0.2, 0) is 11.0 Å². The van der Waals surface area contributed by atoms with Gasteiger partial charge >= 0.3 is 6.18 Å². The minimum Gasteiger partial charge on any atom is -0.384 e. The number of rotatable bonds is 4. The van der Waals surface area contributed by atoms with Crippen LogP contribution in [0.15, 0.2) is 6.07 Å². The first-order valence-corrected chi connectivity index (χ1v) is 5.36. The molecule has 0 aliphatic heterocycles. The van der Waals surface area contributed by atoms with Crippen molar-refractivity contribution in [2.45, 2.75) is 12.6 Å². The molecule has 0 aromatic carbocycles. The largest absolute Gasteiger partial charge is 0.451 e. The van der Waals surface area contributed by atoms with E-state index in [1.165, 1.54) is 11.0 Å². The molecule has 1 aromatic rings. The fraction of sp³-hybridized carbons (Fsp3) is 0.500. The molecule has 1 amide bonds. The summed E-state index contributed by atoms with van der Waals surface area (Å²) in [6.45, 7) is 0.158. The molecular weight excluding hydrogens is 263 g/mol. The van der Waals surface area contributed by atoms with Crippen LogP contribution in [0.3, 0.4) is 0 Å². The molecule has 0 aliphatic rings. The van der Waals surface area contributed by atoms with Crippen LogP contribution in [0.4, 0.5) is 24.8 Å². The van der Waals surface area contributed by atoms with E-state index >= 15 is 0 Å². The number of amides is 1. The maximum atomic E-state index is 12.4. The second kappa shape index (κ2) is 5.72. The zero-order valence-corrected chi connectivity index (χ0v) is 10.5. The molecular formula is C10H14F3N5O. The highest BCUT2D eigenvalue weighted by atomic mass is 19.4. The Bertz CT molecular complexity index is 461. The molecule has 0 atom stereocenters. The molecule has 9 heteroatoms. The molecule has 0 fully saturated rings. The van der Waals surface area contributed by atoms with E-state index in [0.29, 0.717) is 0 Å². The fourth-order valence-corrected chi connectivity index (χ4v) is 1.20. The SMILES string of the molecule is CN(C)C(=O)CCNc1cc(N)nc(C(F)(F)F)n1. The molecule has 19 heavy (non-hydrogen) atoms. The van der Waals surface area contributed by atoms with Gasteiger partial charge in [-0.1, -0.05) is 0 Å². The van der Waals surface area contributed by atoms with E-state index in [0.717, 1.165) is 0 Å². The van der Waals surface area contributed by atoms with Gasteiger partial charge in [0.05, 0.1) is 0 Å². The second-order valence-corrected chi connectivity index (χ2v) is 3.96. The first-order valence-electron chi connectivity index (χ1n) is 5.36. The van der Waals surface area contributed by atoms with Gasteiger partial charge in [-0.25, -0.2) is 9.97 Å². The van der Waals surface area contributed by atoms with Crippen molar-refractivity contribution in [2.24, 2.45) is 0 Å². The van der Waals surface area contributed by atoms with Gasteiger partial charge in [-0.2, -0.15) is 13.2 Å². The number of carbonyl (C=O) groups is 1. The van der Waals surface area contributed by atoms with Crippen LogP contribution in [0.25, 0.3) is 0 Å². The fourth-order valence-electron chi connectivity index (χ4n) is 1.20. The lowest BCUT2D eigenvalue weighted by molar-refractivity contribution is -0.144. The van der Waals surface area contributed by atoms with Gasteiger partial charge in [0, 0.05) is 33.1 Å². The maximum absolute atomic E-state index is 12.4. The number of anilines is 2. The molecule has 1 heterocycles. The van der Waals surface area contributed by atoms with Crippen molar-refractivity contribution >= 4 is 17.5 Å². The Hall–Kier alpha value is -2.06. The molecule has 0 saturated heterocycles. The van der Waals surface area contributed by atoms with Crippen LogP contribution >= 0.6 is 0 Å². The first-order chi connectivity index (χ1) is 8.70. The van der Waals surface area contributed by atoms with E-state index in [1.807, 2.05) is 0 Å². The highest BCUT2D eigenvalue weighted by Gasteiger charge is 2.35. The Kier molecular flexibility index (Phi) is 4.52. The summed E-state index contributed by atoms with van der Waals surface area (Å²) in [4.78, 5) is 19.1. The molecule has 0 saturated carbocycles. The summed E-state index contributed by atoms with van der Waals surface area (Å²) >= 11 is 0. The third-order valence-electron chi connectivity index (χ3n) is 2.14. The number of aromatic nitrogens is 2. The molecule has 0 bridgehead atoms. The first kappa shape index (κ1) is 15.0. The summed E-state index contributed by atoms with van der Waals surface area (Å²) in [6, 6.07) is 1.18. The molecule has 0 spiro atoms. The number of nitrogens with two attached hydrogens (primary N) is 1. The highest BCUT2D eigenvalue weighted by molar-refractivity contribution is 5.76. The van der Waals surface area contributed by atoms with Crippen molar-refractivity contribution in [3.05, 3.63) is 11.9 Å². The topological polar surface area (TPSA) is 84.1 Å². The molecule has 1 aromatic heterocycles. The van der Waals surface area contributed by atoms with Crippen LogP contribution in [0.5, 0.6) is 0 Å². The predicted octanol–water partition coefficient (Wildman–Crippen LogP) is 0.968. The van der Waals surface area contributed by atoms with Crippen LogP contribution in [0.2, 0.25) is 0 Å². The highest BCUT2D eigenvalue weighted by Crippen LogP contribution is 2.27. The second-order valence-electron chi connectivity index (χ2n) is 3.96. The number of carbonyl (C=O) groups excluding carboxylic acids is 1. The monoisotopic (exact) mass is 277 g/mol. The Balaban J connectivity index is 2.69. The predicted molar refractivity (Wildman–Crippen MR) is 63.2 cm³/mol. The Morgan fingerprint density at radius 3 is 2.58 bits per heavy atom. The van der Waals surface area contributed by atoms with Gasteiger partial charge < -0.3 is 16.0 Å². The third kappa shape index (κ3) is 4.60. The lowest BCUT2D eigenvalue weighted by atomic mass is 10.3. The van der Waals surface area contributed by atoms with E-state index in [4.69, 9.17) is 5.73 Å². The third-order valence-corrected chi connectivity index (χ3v) is 2.14. The van der Waals surface area contributed by atoms with Crippen molar-refractivity contribution in [1.29, 1.82) is 0 Å². The molecule has 6 nitrogen and oxygen atoms in total. The zero-order chi connectivity index (χ0) is 14.6. The summed E-state index contributed by atoms with van der Waals surface area (Å²) < 4.78 is 37.3. The number of nitrogens with zero attached hydrogens (tertiary/aromatic N) is 3. The van der Waals surface area contributed by atoms with Crippen molar-refractivity contribution in [3.8, 4) is 0 Å². The van der Waals surface area contributed by atoms with Crippen LogP contribution in [-0.4, -0.2) is 41.4 Å². The van der Waals surface area contributed by atoms with Gasteiger partial charge in [0.15, 0.2) is 0 Å². The summed E-state index contributed by atoms with van der Waals surface area (Å²) in [5, 5.41) is 2.61. The standard InChI is InChI=1S/C10H14F3N5O/c1-18(2)8(19)3-4-15-7-5-6(14)16-9(17-7)10(11,12)13/h5H,3-4H2,1-2H3,(H3,14,15,16,17). The Labute approximate surface area is 107 Å². The van der Waals surface area contributed by atoms with E-state index < -0.39 is 12.0 Å². The van der Waals surface area contributed by atoms with Crippen molar-refractivity contribution < 1.29 is 18.0 Å². The van der Waals surface area contributed by atoms with Crippen LogP contribution in [0, 0.1) is 0 Å². The minimum absolute atomic E-state index is 0.0635. The molecule has 106 valence electrons. The molecule has 3 N–H and O–H groups in total. The average molecular weight is 277 g/mol. The minimum atomic E-state index is -4.66. The van der Waals surface area contributed by atoms with Gasteiger partial charge in [-0.05, 0) is 0 Å². The normalized spacial score (nSPS) is 11.2.